The van der Waals surface area contributed by atoms with Crippen molar-refractivity contribution in [2.24, 2.45) is 0 Å². The summed E-state index contributed by atoms with van der Waals surface area (Å²) in [6.45, 7) is 5.92. The lowest BCUT2D eigenvalue weighted by molar-refractivity contribution is 0.436. The minimum Gasteiger partial charge on any atom is -0.508 e. The highest BCUT2D eigenvalue weighted by Crippen LogP contribution is 2.30. The van der Waals surface area contributed by atoms with Gasteiger partial charge in [-0.25, -0.2) is 0 Å². The third-order valence-electron chi connectivity index (χ3n) is 2.22. The van der Waals surface area contributed by atoms with E-state index in [-0.39, 0.29) is 16.9 Å². The molecule has 0 radical (unpaired) electrons. The van der Waals surface area contributed by atoms with Gasteiger partial charge in [0.05, 0.1) is 0 Å². The zero-order valence-corrected chi connectivity index (χ0v) is 10.1. The fourth-order valence-electron chi connectivity index (χ4n) is 1.39. The van der Waals surface area contributed by atoms with Crippen molar-refractivity contribution in [3.05, 3.63) is 17.7 Å². The molecule has 0 heterocycles. The molecule has 14 heavy (non-hydrogen) atoms. The summed E-state index contributed by atoms with van der Waals surface area (Å²) in [7, 11) is -1.55. The van der Waals surface area contributed by atoms with Crippen LogP contribution in [0, 0.1) is 0 Å². The van der Waals surface area contributed by atoms with Gasteiger partial charge < -0.3 is 15.0 Å². The molecule has 0 spiro atoms. The van der Waals surface area contributed by atoms with Gasteiger partial charge in [0.25, 0.3) is 0 Å². The van der Waals surface area contributed by atoms with Crippen LogP contribution in [0.15, 0.2) is 12.1 Å². The minimum absolute atomic E-state index is 0.00957. The van der Waals surface area contributed by atoms with Crippen molar-refractivity contribution in [1.82, 2.24) is 0 Å². The molecule has 3 N–H and O–H groups in total. The molecule has 0 bridgehead atoms. The highest BCUT2D eigenvalue weighted by molar-refractivity contribution is 6.48. The molecule has 0 saturated heterocycles. The van der Waals surface area contributed by atoms with Crippen LogP contribution in [0.2, 0.25) is 0 Å². The van der Waals surface area contributed by atoms with E-state index in [1.54, 1.807) is 6.07 Å². The van der Waals surface area contributed by atoms with E-state index < -0.39 is 9.76 Å². The molecule has 0 aliphatic heterocycles. The Morgan fingerprint density at radius 1 is 1.14 bits per heavy atom. The summed E-state index contributed by atoms with van der Waals surface area (Å²) in [4.78, 5) is 9.11. The Morgan fingerprint density at radius 2 is 1.71 bits per heavy atom. The summed E-state index contributed by atoms with van der Waals surface area (Å²) in [5, 5.41) is 19.5. The number of phenolic OH excluding ortho intramolecular Hbond substituents is 2. The summed E-state index contributed by atoms with van der Waals surface area (Å²) in [5.74, 6) is 0.0383. The first kappa shape index (κ1) is 11.1. The van der Waals surface area contributed by atoms with Crippen LogP contribution in [0.1, 0.15) is 26.3 Å². The number of phenols is 2. The predicted octanol–water partition coefficient (Wildman–Crippen LogP) is 0.0967. The maximum atomic E-state index is 9.82. The number of benzene rings is 1. The molecule has 0 amide bonds. The van der Waals surface area contributed by atoms with Gasteiger partial charge in [-0.2, -0.15) is 0 Å². The van der Waals surface area contributed by atoms with E-state index in [4.69, 9.17) is 4.80 Å². The fourth-order valence-corrected chi connectivity index (χ4v) is 2.01. The summed E-state index contributed by atoms with van der Waals surface area (Å²) >= 11 is 0. The van der Waals surface area contributed by atoms with E-state index in [9.17, 15) is 10.2 Å². The Balaban J connectivity index is 3.36. The Kier molecular flexibility index (Phi) is 2.87. The van der Waals surface area contributed by atoms with Crippen LogP contribution in [-0.4, -0.2) is 24.8 Å². The van der Waals surface area contributed by atoms with Gasteiger partial charge in [-0.15, -0.1) is 0 Å². The highest BCUT2D eigenvalue weighted by Gasteiger charge is 2.21. The fraction of sp³-hybridized carbons (Fsp3) is 0.400. The lowest BCUT2D eigenvalue weighted by atomic mass is 9.86. The first-order valence-electron chi connectivity index (χ1n) is 4.53. The van der Waals surface area contributed by atoms with Gasteiger partial charge in [-0.1, -0.05) is 26.8 Å². The van der Waals surface area contributed by atoms with Crippen molar-refractivity contribution in [3.63, 3.8) is 0 Å². The molecule has 0 aromatic heterocycles. The van der Waals surface area contributed by atoms with Gasteiger partial charge in [-0.3, -0.25) is 0 Å². The molecule has 0 fully saturated rings. The second-order valence-corrected chi connectivity index (χ2v) is 5.39. The number of hydrogen-bond donors (Lipinski definition) is 3. The second kappa shape index (κ2) is 3.63. The van der Waals surface area contributed by atoms with E-state index >= 15 is 0 Å². The third kappa shape index (κ3) is 1.91. The van der Waals surface area contributed by atoms with E-state index in [1.807, 2.05) is 20.8 Å². The highest BCUT2D eigenvalue weighted by atomic mass is 28.2. The lowest BCUT2D eigenvalue weighted by Gasteiger charge is -2.21. The van der Waals surface area contributed by atoms with E-state index in [1.165, 1.54) is 6.07 Å². The normalized spacial score (nSPS) is 12.6. The van der Waals surface area contributed by atoms with Crippen LogP contribution in [0.3, 0.4) is 0 Å². The van der Waals surface area contributed by atoms with Crippen LogP contribution < -0.4 is 5.19 Å². The molecule has 1 aromatic carbocycles. The number of hydrogen-bond acceptors (Lipinski definition) is 3. The summed E-state index contributed by atoms with van der Waals surface area (Å²) in [5.41, 5.74) is 0.572. The van der Waals surface area contributed by atoms with E-state index in [0.717, 1.165) is 5.56 Å². The van der Waals surface area contributed by atoms with Crippen molar-refractivity contribution >= 4 is 14.9 Å². The molecule has 0 saturated carbocycles. The smallest absolute Gasteiger partial charge is 0.196 e. The van der Waals surface area contributed by atoms with Gasteiger partial charge >= 0.3 is 0 Å². The topological polar surface area (TPSA) is 60.7 Å². The standard InChI is InChI=1S/C10H16O3Si/c1-10(2,3)6-4-5-7(11)9(14-13)8(6)12/h4-5,11-13H,14H2,1-3H3. The molecular weight excluding hydrogens is 196 g/mol. The Hall–Kier alpha value is -1.00. The first-order valence-corrected chi connectivity index (χ1v) is 5.87. The number of rotatable bonds is 1. The van der Waals surface area contributed by atoms with Gasteiger partial charge in [0, 0.05) is 5.19 Å². The van der Waals surface area contributed by atoms with Crippen molar-refractivity contribution in [3.8, 4) is 11.5 Å². The van der Waals surface area contributed by atoms with Crippen LogP contribution in [0.25, 0.3) is 0 Å². The molecule has 1 aromatic rings. The molecule has 0 atom stereocenters. The number of aromatic hydroxyl groups is 2. The predicted molar refractivity (Wildman–Crippen MR) is 58.9 cm³/mol. The van der Waals surface area contributed by atoms with Crippen molar-refractivity contribution in [1.29, 1.82) is 0 Å². The van der Waals surface area contributed by atoms with Crippen molar-refractivity contribution in [2.75, 3.05) is 0 Å². The Labute approximate surface area is 86.0 Å². The monoisotopic (exact) mass is 212 g/mol. The van der Waals surface area contributed by atoms with Crippen LogP contribution in [0.5, 0.6) is 11.5 Å². The van der Waals surface area contributed by atoms with Gasteiger partial charge in [-0.05, 0) is 17.0 Å². The van der Waals surface area contributed by atoms with Crippen LogP contribution in [0.4, 0.5) is 0 Å². The van der Waals surface area contributed by atoms with Crippen molar-refractivity contribution < 1.29 is 15.0 Å². The van der Waals surface area contributed by atoms with Crippen LogP contribution >= 0.6 is 0 Å². The largest absolute Gasteiger partial charge is 0.508 e. The molecule has 1 rings (SSSR count). The molecule has 3 nitrogen and oxygen atoms in total. The average Bonchev–Trinajstić information content (AvgIpc) is 2.02. The molecular formula is C10H16O3Si. The van der Waals surface area contributed by atoms with Crippen LogP contribution in [-0.2, 0) is 5.41 Å². The van der Waals surface area contributed by atoms with Gasteiger partial charge in [0.2, 0.25) is 0 Å². The third-order valence-corrected chi connectivity index (χ3v) is 3.24. The summed E-state index contributed by atoms with van der Waals surface area (Å²) in [6, 6.07) is 3.22. The quantitative estimate of drug-likeness (QED) is 0.579. The van der Waals surface area contributed by atoms with E-state index in [2.05, 4.69) is 0 Å². The molecule has 0 aliphatic rings. The minimum atomic E-state index is -1.55. The molecule has 78 valence electrons. The SMILES string of the molecule is CC(C)(C)c1ccc(O)c([SiH2]O)c1O. The molecule has 0 unspecified atom stereocenters. The van der Waals surface area contributed by atoms with Gasteiger partial charge in [0.1, 0.15) is 11.5 Å². The summed E-state index contributed by atoms with van der Waals surface area (Å²) in [6.07, 6.45) is 0. The first-order chi connectivity index (χ1) is 6.38. The second-order valence-electron chi connectivity index (χ2n) is 4.37. The zero-order chi connectivity index (χ0) is 10.9. The van der Waals surface area contributed by atoms with Crippen molar-refractivity contribution in [2.45, 2.75) is 26.2 Å². The van der Waals surface area contributed by atoms with Gasteiger partial charge in [0.15, 0.2) is 9.76 Å². The lowest BCUT2D eigenvalue weighted by Crippen LogP contribution is -2.20. The Morgan fingerprint density at radius 3 is 2.14 bits per heavy atom. The molecule has 4 heteroatoms. The summed E-state index contributed by atoms with van der Waals surface area (Å²) < 4.78 is 0. The maximum absolute atomic E-state index is 9.82. The average molecular weight is 212 g/mol. The molecule has 0 aliphatic carbocycles. The maximum Gasteiger partial charge on any atom is 0.196 e. The Bertz CT molecular complexity index is 342. The zero-order valence-electron chi connectivity index (χ0n) is 8.70. The van der Waals surface area contributed by atoms with E-state index in [0.29, 0.717) is 5.19 Å².